The monoisotopic (exact) mass is 437 g/mol. The second-order valence-corrected chi connectivity index (χ2v) is 9.20. The number of hydrogen-bond donors (Lipinski definition) is 2. The lowest BCUT2D eigenvalue weighted by atomic mass is 10.2. The van der Waals surface area contributed by atoms with E-state index < -0.39 is 0 Å². The fourth-order valence-corrected chi connectivity index (χ4v) is 4.91. The summed E-state index contributed by atoms with van der Waals surface area (Å²) < 4.78 is 2.35. The van der Waals surface area contributed by atoms with Gasteiger partial charge in [0, 0.05) is 57.6 Å². The molecule has 1 aromatic carbocycles. The molecular weight excluding hydrogens is 398 g/mol. The molecule has 2 unspecified atom stereocenters. The largest absolute Gasteiger partial charge is 0.357 e. The summed E-state index contributed by atoms with van der Waals surface area (Å²) >= 11 is 0. The maximum absolute atomic E-state index is 4.86. The molecule has 7 heteroatoms. The van der Waals surface area contributed by atoms with Crippen LogP contribution in [0.25, 0.3) is 0 Å². The Balaban J connectivity index is 1.26. The molecule has 0 saturated carbocycles. The van der Waals surface area contributed by atoms with Crippen molar-refractivity contribution in [2.75, 3.05) is 19.6 Å². The molecule has 2 N–H and O–H groups in total. The van der Waals surface area contributed by atoms with Gasteiger partial charge in [0.2, 0.25) is 0 Å². The van der Waals surface area contributed by atoms with Crippen LogP contribution < -0.4 is 10.6 Å². The first-order valence-electron chi connectivity index (χ1n) is 12.5. The van der Waals surface area contributed by atoms with E-state index in [1.807, 2.05) is 0 Å². The zero-order valence-electron chi connectivity index (χ0n) is 19.8. The van der Waals surface area contributed by atoms with E-state index in [9.17, 15) is 0 Å². The number of hydrogen-bond acceptors (Lipinski definition) is 4. The standard InChI is InChI=1S/C25H39N7/c1-3-26-25(27-15-10-14-24-30-29-23-13-8-5-9-16-32(23)24)28-22-17-20(2)31(19-22)18-21-11-6-4-7-12-21/h4,6-7,11-12,20,22H,3,5,8-10,13-19H2,1-2H3,(H2,26,27,28). The third-order valence-electron chi connectivity index (χ3n) is 6.63. The third kappa shape index (κ3) is 6.09. The molecule has 2 atom stereocenters. The highest BCUT2D eigenvalue weighted by molar-refractivity contribution is 5.80. The minimum absolute atomic E-state index is 0.429. The summed E-state index contributed by atoms with van der Waals surface area (Å²) in [4.78, 5) is 7.42. The van der Waals surface area contributed by atoms with Gasteiger partial charge in [-0.05, 0) is 45.1 Å². The lowest BCUT2D eigenvalue weighted by Gasteiger charge is -2.21. The Morgan fingerprint density at radius 1 is 1.16 bits per heavy atom. The van der Waals surface area contributed by atoms with Gasteiger partial charge in [0.15, 0.2) is 5.96 Å². The van der Waals surface area contributed by atoms with Crippen LogP contribution in [0.2, 0.25) is 0 Å². The second-order valence-electron chi connectivity index (χ2n) is 9.20. The second kappa shape index (κ2) is 11.5. The summed E-state index contributed by atoms with van der Waals surface area (Å²) in [6, 6.07) is 11.8. The van der Waals surface area contributed by atoms with Crippen molar-refractivity contribution < 1.29 is 0 Å². The fourth-order valence-electron chi connectivity index (χ4n) is 4.91. The van der Waals surface area contributed by atoms with Crippen LogP contribution in [0.5, 0.6) is 0 Å². The maximum Gasteiger partial charge on any atom is 0.191 e. The molecule has 7 nitrogen and oxygen atoms in total. The number of benzene rings is 1. The van der Waals surface area contributed by atoms with E-state index in [1.54, 1.807) is 0 Å². The van der Waals surface area contributed by atoms with Gasteiger partial charge in [0.25, 0.3) is 0 Å². The van der Waals surface area contributed by atoms with Crippen LogP contribution in [-0.4, -0.2) is 57.3 Å². The predicted octanol–water partition coefficient (Wildman–Crippen LogP) is 3.16. The first-order valence-corrected chi connectivity index (χ1v) is 12.5. The number of aromatic nitrogens is 3. The highest BCUT2D eigenvalue weighted by atomic mass is 15.3. The normalized spacial score (nSPS) is 21.9. The van der Waals surface area contributed by atoms with E-state index in [4.69, 9.17) is 4.99 Å². The Kier molecular flexibility index (Phi) is 8.15. The van der Waals surface area contributed by atoms with Crippen LogP contribution in [0.4, 0.5) is 0 Å². The van der Waals surface area contributed by atoms with E-state index in [2.05, 4.69) is 74.5 Å². The molecule has 0 radical (unpaired) electrons. The summed E-state index contributed by atoms with van der Waals surface area (Å²) in [6.07, 6.45) is 7.93. The molecule has 4 rings (SSSR count). The van der Waals surface area contributed by atoms with Gasteiger partial charge in [-0.2, -0.15) is 0 Å². The SMILES string of the molecule is CCNC(=NCCCc1nnc2n1CCCCC2)NC1CC(C)N(Cc2ccccc2)C1. The topological polar surface area (TPSA) is 70.4 Å². The van der Waals surface area contributed by atoms with Gasteiger partial charge in [0.1, 0.15) is 11.6 Å². The minimum atomic E-state index is 0.429. The average molecular weight is 438 g/mol. The molecule has 1 aromatic heterocycles. The molecular formula is C25H39N7. The number of nitrogens with one attached hydrogen (secondary N) is 2. The van der Waals surface area contributed by atoms with E-state index >= 15 is 0 Å². The van der Waals surface area contributed by atoms with Crippen molar-refractivity contribution >= 4 is 5.96 Å². The van der Waals surface area contributed by atoms with Gasteiger partial charge in [-0.1, -0.05) is 36.8 Å². The molecule has 0 amide bonds. The van der Waals surface area contributed by atoms with Crippen LogP contribution in [0, 0.1) is 0 Å². The number of rotatable bonds is 8. The van der Waals surface area contributed by atoms with E-state index in [-0.39, 0.29) is 0 Å². The van der Waals surface area contributed by atoms with Crippen LogP contribution in [0.15, 0.2) is 35.3 Å². The van der Waals surface area contributed by atoms with E-state index in [0.29, 0.717) is 12.1 Å². The van der Waals surface area contributed by atoms with Crippen molar-refractivity contribution in [2.45, 2.75) is 84.0 Å². The summed E-state index contributed by atoms with van der Waals surface area (Å²) in [5, 5.41) is 16.0. The van der Waals surface area contributed by atoms with Gasteiger partial charge in [0.05, 0.1) is 0 Å². The van der Waals surface area contributed by atoms with Crippen molar-refractivity contribution in [3.8, 4) is 0 Å². The van der Waals surface area contributed by atoms with Gasteiger partial charge >= 0.3 is 0 Å². The molecule has 0 bridgehead atoms. The summed E-state index contributed by atoms with van der Waals surface area (Å²) in [6.45, 7) is 9.26. The van der Waals surface area contributed by atoms with E-state index in [1.165, 1.54) is 30.7 Å². The molecule has 32 heavy (non-hydrogen) atoms. The van der Waals surface area contributed by atoms with Gasteiger partial charge in [-0.15, -0.1) is 10.2 Å². The van der Waals surface area contributed by atoms with Crippen LogP contribution in [-0.2, 0) is 25.9 Å². The Labute approximate surface area is 192 Å². The zero-order chi connectivity index (χ0) is 22.2. The van der Waals surface area contributed by atoms with Gasteiger partial charge < -0.3 is 15.2 Å². The molecule has 174 valence electrons. The first kappa shape index (κ1) is 22.8. The van der Waals surface area contributed by atoms with Gasteiger partial charge in [-0.3, -0.25) is 9.89 Å². The smallest absolute Gasteiger partial charge is 0.191 e. The summed E-state index contributed by atoms with van der Waals surface area (Å²) in [5.41, 5.74) is 1.38. The highest BCUT2D eigenvalue weighted by Gasteiger charge is 2.29. The Morgan fingerprint density at radius 2 is 2.03 bits per heavy atom. The number of nitrogens with zero attached hydrogens (tertiary/aromatic N) is 5. The molecule has 2 aliphatic rings. The van der Waals surface area contributed by atoms with Crippen molar-refractivity contribution in [3.63, 3.8) is 0 Å². The van der Waals surface area contributed by atoms with Crippen molar-refractivity contribution in [3.05, 3.63) is 47.5 Å². The highest BCUT2D eigenvalue weighted by Crippen LogP contribution is 2.20. The van der Waals surface area contributed by atoms with Crippen molar-refractivity contribution in [1.29, 1.82) is 0 Å². The Morgan fingerprint density at radius 3 is 2.88 bits per heavy atom. The molecule has 0 spiro atoms. The summed E-state index contributed by atoms with van der Waals surface area (Å²) in [7, 11) is 0. The third-order valence-corrected chi connectivity index (χ3v) is 6.63. The average Bonchev–Trinajstić information content (AvgIpc) is 3.24. The Bertz CT molecular complexity index is 860. The van der Waals surface area contributed by atoms with Crippen LogP contribution in [0.3, 0.4) is 0 Å². The molecule has 1 fully saturated rings. The quantitative estimate of drug-likeness (QED) is 0.377. The van der Waals surface area contributed by atoms with Crippen LogP contribution in [0.1, 0.15) is 63.2 Å². The zero-order valence-corrected chi connectivity index (χ0v) is 19.8. The number of aliphatic imine (C=N–C) groups is 1. The minimum Gasteiger partial charge on any atom is -0.357 e. The lowest BCUT2D eigenvalue weighted by Crippen LogP contribution is -2.44. The number of likely N-dealkylation sites (tertiary alicyclic amines) is 1. The van der Waals surface area contributed by atoms with Crippen molar-refractivity contribution in [2.24, 2.45) is 4.99 Å². The van der Waals surface area contributed by atoms with Crippen molar-refractivity contribution in [1.82, 2.24) is 30.3 Å². The van der Waals surface area contributed by atoms with Crippen LogP contribution >= 0.6 is 0 Å². The number of fused-ring (bicyclic) bond motifs is 1. The fraction of sp³-hybridized carbons (Fsp3) is 0.640. The molecule has 0 aliphatic carbocycles. The predicted molar refractivity (Wildman–Crippen MR) is 130 cm³/mol. The lowest BCUT2D eigenvalue weighted by molar-refractivity contribution is 0.258. The van der Waals surface area contributed by atoms with E-state index in [0.717, 1.165) is 70.2 Å². The van der Waals surface area contributed by atoms with Gasteiger partial charge in [-0.25, -0.2) is 0 Å². The Hall–Kier alpha value is -2.41. The molecule has 2 aliphatic heterocycles. The number of guanidine groups is 1. The summed E-state index contributed by atoms with van der Waals surface area (Å²) in [5.74, 6) is 3.24. The molecule has 3 heterocycles. The first-order chi connectivity index (χ1) is 15.7. The number of aryl methyl sites for hydroxylation is 2. The molecule has 1 saturated heterocycles. The maximum atomic E-state index is 4.86. The molecule has 2 aromatic rings.